The number of rotatable bonds is 3. The van der Waals surface area contributed by atoms with E-state index in [1.54, 1.807) is 0 Å². The van der Waals surface area contributed by atoms with Crippen LogP contribution >= 0.6 is 0 Å². The minimum absolute atomic E-state index is 0.962. The summed E-state index contributed by atoms with van der Waals surface area (Å²) in [6, 6.07) is 24.2. The maximum absolute atomic E-state index is 2.31. The van der Waals surface area contributed by atoms with E-state index in [0.29, 0.717) is 0 Å². The maximum Gasteiger partial charge on any atom is 0.0494 e. The Morgan fingerprint density at radius 1 is 0.679 bits per heavy atom. The SMILES string of the molecule is CC.CC.CN(C)Cc1cccc(-c2ccc3c4ccccc4n(C)c3c2)c1. The first kappa shape index (κ1) is 21.7. The van der Waals surface area contributed by atoms with Gasteiger partial charge in [0.2, 0.25) is 0 Å². The topological polar surface area (TPSA) is 8.17 Å². The summed E-state index contributed by atoms with van der Waals surface area (Å²) in [5.74, 6) is 0. The van der Waals surface area contributed by atoms with Crippen molar-refractivity contribution in [1.29, 1.82) is 0 Å². The Hall–Kier alpha value is -2.58. The zero-order valence-electron chi connectivity index (χ0n) is 18.5. The number of aryl methyl sites for hydroxylation is 1. The highest BCUT2D eigenvalue weighted by molar-refractivity contribution is 6.08. The standard InChI is InChI=1S/C22H22N2.2C2H6/c1-23(2)15-16-7-6-8-17(13-16)18-11-12-20-19-9-4-5-10-21(19)24(3)22(20)14-18;2*1-2/h4-14H,15H2,1-3H3;2*1-2H3. The second kappa shape index (κ2) is 10.1. The fourth-order valence-corrected chi connectivity index (χ4v) is 3.55. The number of hydrogen-bond acceptors (Lipinski definition) is 1. The van der Waals surface area contributed by atoms with Gasteiger partial charge in [-0.05, 0) is 49.0 Å². The summed E-state index contributed by atoms with van der Waals surface area (Å²) in [7, 11) is 6.36. The number of benzene rings is 3. The maximum atomic E-state index is 2.31. The second-order valence-corrected chi connectivity index (χ2v) is 6.75. The molecule has 2 nitrogen and oxygen atoms in total. The molecule has 0 aliphatic rings. The monoisotopic (exact) mass is 374 g/mol. The average Bonchev–Trinajstić information content (AvgIpc) is 3.03. The van der Waals surface area contributed by atoms with Crippen molar-refractivity contribution in [2.45, 2.75) is 34.2 Å². The summed E-state index contributed by atoms with van der Waals surface area (Å²) >= 11 is 0. The highest BCUT2D eigenvalue weighted by Crippen LogP contribution is 2.31. The molecule has 0 atom stereocenters. The van der Waals surface area contributed by atoms with Crippen LogP contribution in [0.1, 0.15) is 33.3 Å². The first-order valence-electron chi connectivity index (χ1n) is 10.3. The first-order valence-corrected chi connectivity index (χ1v) is 10.3. The average molecular weight is 375 g/mol. The van der Waals surface area contributed by atoms with Crippen molar-refractivity contribution in [2.75, 3.05) is 14.1 Å². The fourth-order valence-electron chi connectivity index (χ4n) is 3.55. The predicted molar refractivity (Wildman–Crippen MR) is 126 cm³/mol. The van der Waals surface area contributed by atoms with Gasteiger partial charge in [0, 0.05) is 35.4 Å². The van der Waals surface area contributed by atoms with Crippen LogP contribution in [0, 0.1) is 0 Å². The van der Waals surface area contributed by atoms with Crippen LogP contribution in [-0.2, 0) is 13.6 Å². The summed E-state index contributed by atoms with van der Waals surface area (Å²) in [4.78, 5) is 2.20. The molecular weight excluding hydrogens is 340 g/mol. The molecule has 0 fully saturated rings. The number of para-hydroxylation sites is 1. The minimum Gasteiger partial charge on any atom is -0.344 e. The predicted octanol–water partition coefficient (Wildman–Crippen LogP) is 7.11. The van der Waals surface area contributed by atoms with Gasteiger partial charge in [-0.3, -0.25) is 0 Å². The van der Waals surface area contributed by atoms with E-state index in [9.17, 15) is 0 Å². The van der Waals surface area contributed by atoms with Crippen LogP contribution in [0.25, 0.3) is 32.9 Å². The van der Waals surface area contributed by atoms with E-state index in [1.807, 2.05) is 27.7 Å². The van der Waals surface area contributed by atoms with E-state index in [4.69, 9.17) is 0 Å². The van der Waals surface area contributed by atoms with E-state index >= 15 is 0 Å². The molecule has 0 radical (unpaired) electrons. The van der Waals surface area contributed by atoms with Crippen molar-refractivity contribution in [3.8, 4) is 11.1 Å². The van der Waals surface area contributed by atoms with Crippen molar-refractivity contribution in [2.24, 2.45) is 7.05 Å². The second-order valence-electron chi connectivity index (χ2n) is 6.75. The lowest BCUT2D eigenvalue weighted by Crippen LogP contribution is -2.10. The molecule has 2 heteroatoms. The number of nitrogens with zero attached hydrogens (tertiary/aromatic N) is 2. The number of fused-ring (bicyclic) bond motifs is 3. The van der Waals surface area contributed by atoms with E-state index in [-0.39, 0.29) is 0 Å². The van der Waals surface area contributed by atoms with Crippen molar-refractivity contribution in [3.63, 3.8) is 0 Å². The molecule has 0 saturated heterocycles. The molecule has 1 aromatic heterocycles. The molecule has 3 aromatic carbocycles. The molecular formula is C26H34N2. The van der Waals surface area contributed by atoms with Gasteiger partial charge in [0.05, 0.1) is 0 Å². The molecule has 0 aliphatic carbocycles. The van der Waals surface area contributed by atoms with Crippen molar-refractivity contribution < 1.29 is 0 Å². The van der Waals surface area contributed by atoms with Crippen molar-refractivity contribution >= 4 is 21.8 Å². The van der Waals surface area contributed by atoms with E-state index in [1.165, 1.54) is 38.5 Å². The Morgan fingerprint density at radius 3 is 2.04 bits per heavy atom. The Bertz CT molecular complexity index is 1030. The quantitative estimate of drug-likeness (QED) is 0.371. The van der Waals surface area contributed by atoms with E-state index < -0.39 is 0 Å². The highest BCUT2D eigenvalue weighted by atomic mass is 15.0. The van der Waals surface area contributed by atoms with E-state index in [2.05, 4.69) is 97.3 Å². The van der Waals surface area contributed by atoms with Crippen LogP contribution in [0.15, 0.2) is 66.7 Å². The number of hydrogen-bond donors (Lipinski definition) is 0. The van der Waals surface area contributed by atoms with Crippen molar-refractivity contribution in [1.82, 2.24) is 9.47 Å². The Morgan fingerprint density at radius 2 is 1.32 bits per heavy atom. The fraction of sp³-hybridized carbons (Fsp3) is 0.308. The van der Waals surface area contributed by atoms with Gasteiger partial charge >= 0.3 is 0 Å². The smallest absolute Gasteiger partial charge is 0.0494 e. The summed E-state index contributed by atoms with van der Waals surface area (Å²) in [6.45, 7) is 8.96. The van der Waals surface area contributed by atoms with Gasteiger partial charge in [0.15, 0.2) is 0 Å². The van der Waals surface area contributed by atoms with Gasteiger partial charge in [0.25, 0.3) is 0 Å². The molecule has 4 rings (SSSR count). The van der Waals surface area contributed by atoms with Gasteiger partial charge in [-0.25, -0.2) is 0 Å². The van der Waals surface area contributed by atoms with Crippen LogP contribution in [0.3, 0.4) is 0 Å². The van der Waals surface area contributed by atoms with Crippen LogP contribution in [0.4, 0.5) is 0 Å². The van der Waals surface area contributed by atoms with Gasteiger partial charge in [-0.2, -0.15) is 0 Å². The third-order valence-corrected chi connectivity index (χ3v) is 4.67. The van der Waals surface area contributed by atoms with Crippen molar-refractivity contribution in [3.05, 3.63) is 72.3 Å². The Labute approximate surface area is 170 Å². The third-order valence-electron chi connectivity index (χ3n) is 4.67. The van der Waals surface area contributed by atoms with Crippen LogP contribution in [0.2, 0.25) is 0 Å². The Balaban J connectivity index is 0.000000660. The van der Waals surface area contributed by atoms with Gasteiger partial charge < -0.3 is 9.47 Å². The van der Waals surface area contributed by atoms with Gasteiger partial charge in [-0.1, -0.05) is 76.2 Å². The van der Waals surface area contributed by atoms with E-state index in [0.717, 1.165) is 6.54 Å². The summed E-state index contributed by atoms with van der Waals surface area (Å²) in [6.07, 6.45) is 0. The largest absolute Gasteiger partial charge is 0.344 e. The molecule has 148 valence electrons. The molecule has 4 aromatic rings. The molecule has 0 unspecified atom stereocenters. The molecule has 1 heterocycles. The van der Waals surface area contributed by atoms with Crippen LogP contribution in [0.5, 0.6) is 0 Å². The van der Waals surface area contributed by atoms with Gasteiger partial charge in [-0.15, -0.1) is 0 Å². The lowest BCUT2D eigenvalue weighted by molar-refractivity contribution is 0.402. The molecule has 0 N–H and O–H groups in total. The highest BCUT2D eigenvalue weighted by Gasteiger charge is 2.09. The summed E-state index contributed by atoms with van der Waals surface area (Å²) < 4.78 is 2.29. The molecule has 0 saturated carbocycles. The number of aromatic nitrogens is 1. The third kappa shape index (κ3) is 4.45. The molecule has 0 amide bonds. The summed E-state index contributed by atoms with van der Waals surface area (Å²) in [5.41, 5.74) is 6.46. The lowest BCUT2D eigenvalue weighted by Gasteiger charge is -2.11. The van der Waals surface area contributed by atoms with Gasteiger partial charge in [0.1, 0.15) is 0 Å². The molecule has 28 heavy (non-hydrogen) atoms. The summed E-state index contributed by atoms with van der Waals surface area (Å²) in [5, 5.41) is 2.64. The van der Waals surface area contributed by atoms with Crippen LogP contribution in [-0.4, -0.2) is 23.6 Å². The molecule has 0 aliphatic heterocycles. The molecule has 0 bridgehead atoms. The first-order chi connectivity index (χ1) is 13.6. The van der Waals surface area contributed by atoms with Crippen LogP contribution < -0.4 is 0 Å². The normalized spacial score (nSPS) is 10.4. The zero-order valence-corrected chi connectivity index (χ0v) is 18.5. The lowest BCUT2D eigenvalue weighted by atomic mass is 10.0. The molecule has 0 spiro atoms. The Kier molecular flexibility index (Phi) is 7.83. The zero-order chi connectivity index (χ0) is 20.7. The minimum atomic E-state index is 0.962.